The van der Waals surface area contributed by atoms with E-state index >= 15 is 0 Å². The van der Waals surface area contributed by atoms with E-state index in [9.17, 15) is 14.4 Å². The first-order valence-corrected chi connectivity index (χ1v) is 11.4. The van der Waals surface area contributed by atoms with Gasteiger partial charge in [0.05, 0.1) is 17.2 Å². The normalized spacial score (nSPS) is 10.0. The molecule has 32 heavy (non-hydrogen) atoms. The van der Waals surface area contributed by atoms with Gasteiger partial charge in [0.2, 0.25) is 0 Å². The molecule has 0 heterocycles. The number of thioether (sulfide) groups is 1. The van der Waals surface area contributed by atoms with E-state index in [1.807, 2.05) is 65.7 Å². The monoisotopic (exact) mass is 496 g/mol. The first kappa shape index (κ1) is 38.6. The van der Waals surface area contributed by atoms with Gasteiger partial charge in [0.15, 0.2) is 0 Å². The van der Waals surface area contributed by atoms with Crippen molar-refractivity contribution in [1.29, 1.82) is 0 Å². The predicted octanol–water partition coefficient (Wildman–Crippen LogP) is -0.195. The van der Waals surface area contributed by atoms with Crippen LogP contribution in [0.2, 0.25) is 0 Å². The van der Waals surface area contributed by atoms with Gasteiger partial charge in [-0.15, -0.1) is 0 Å². The van der Waals surface area contributed by atoms with Gasteiger partial charge in [0.1, 0.15) is 0 Å². The number of hydrogen-bond donors (Lipinski definition) is 0. The van der Waals surface area contributed by atoms with E-state index in [0.29, 0.717) is 0 Å². The third-order valence-electron chi connectivity index (χ3n) is 3.87. The molecular formula is C22H37N2NaO5S2. The molecule has 178 valence electrons. The molecule has 0 amide bonds. The Morgan fingerprint density at radius 3 is 1.56 bits per heavy atom. The van der Waals surface area contributed by atoms with E-state index in [-0.39, 0.29) is 46.3 Å². The Kier molecular flexibility index (Phi) is 23.9. The van der Waals surface area contributed by atoms with E-state index < -0.39 is 17.7 Å². The molecule has 0 fully saturated rings. The molecule has 0 unspecified atom stereocenters. The molecule has 0 aromatic carbocycles. The fraction of sp³-hybridized carbons (Fsp3) is 0.682. The van der Waals surface area contributed by atoms with Crippen molar-refractivity contribution in [3.05, 3.63) is 0 Å². The van der Waals surface area contributed by atoms with Gasteiger partial charge in [0, 0.05) is 5.92 Å². The summed E-state index contributed by atoms with van der Waals surface area (Å²) in [5.41, 5.74) is -0.702. The molecule has 0 N–H and O–H groups in total. The minimum atomic E-state index is -1.03. The maximum Gasteiger partial charge on any atom is 1.00 e. The van der Waals surface area contributed by atoms with Crippen LogP contribution in [0.5, 0.6) is 0 Å². The van der Waals surface area contributed by atoms with Crippen molar-refractivity contribution >= 4 is 41.6 Å². The first-order chi connectivity index (χ1) is 14.0. The SMILES string of the molecule is CC(C)OC(=O)OC(=O)C#CC(C)(C)N(C)C.CSC(=O)C#CC(C)(C)N(C)C.C[S-].[Na+]. The minimum absolute atomic E-state index is 0. The second-order valence-electron chi connectivity index (χ2n) is 7.70. The number of ether oxygens (including phenoxy) is 2. The summed E-state index contributed by atoms with van der Waals surface area (Å²) in [6, 6.07) is 0. The van der Waals surface area contributed by atoms with Crippen molar-refractivity contribution < 1.29 is 53.4 Å². The minimum Gasteiger partial charge on any atom is -0.796 e. The average molecular weight is 497 g/mol. The molecule has 0 spiro atoms. The van der Waals surface area contributed by atoms with Crippen LogP contribution >= 0.6 is 11.8 Å². The maximum atomic E-state index is 11.2. The topological polar surface area (TPSA) is 76.1 Å². The second kappa shape index (κ2) is 19.8. The molecule has 0 aliphatic heterocycles. The Labute approximate surface area is 226 Å². The Balaban J connectivity index is -0.000000231. The molecule has 0 aromatic heterocycles. The molecule has 0 rings (SSSR count). The number of hydrogen-bond acceptors (Lipinski definition) is 9. The molecule has 0 aromatic rings. The summed E-state index contributed by atoms with van der Waals surface area (Å²) in [7, 11) is 7.57. The molecule has 7 nitrogen and oxygen atoms in total. The van der Waals surface area contributed by atoms with Crippen LogP contribution in [-0.2, 0) is 31.7 Å². The standard InChI is InChI=1S/C12H19NO4.C9H15NOS.CH4S.Na/c1-9(2)16-11(15)17-10(14)7-8-12(3,4)13(5)6;1-9(2,10(3)4)7-6-8(11)12-5;1-2;/h9H,1-6H3;1-5H3;2H,1H3;/q;;;+1/p-1. The quantitative estimate of drug-likeness (QED) is 0.132. The summed E-state index contributed by atoms with van der Waals surface area (Å²) >= 11 is 5.23. The molecule has 0 aliphatic rings. The van der Waals surface area contributed by atoms with Crippen molar-refractivity contribution in [2.45, 2.75) is 58.7 Å². The largest absolute Gasteiger partial charge is 1.00 e. The van der Waals surface area contributed by atoms with Crippen molar-refractivity contribution in [1.82, 2.24) is 9.80 Å². The summed E-state index contributed by atoms with van der Waals surface area (Å²) in [4.78, 5) is 36.8. The van der Waals surface area contributed by atoms with Crippen molar-refractivity contribution in [2.24, 2.45) is 0 Å². The summed E-state index contributed by atoms with van der Waals surface area (Å²) in [6.45, 7) is 11.0. The van der Waals surface area contributed by atoms with Gasteiger partial charge >= 0.3 is 41.7 Å². The zero-order valence-corrected chi connectivity index (χ0v) is 25.5. The number of carbonyl (C=O) groups is 3. The van der Waals surface area contributed by atoms with Crippen LogP contribution in [0.4, 0.5) is 4.79 Å². The van der Waals surface area contributed by atoms with Crippen LogP contribution in [0.15, 0.2) is 0 Å². The van der Waals surface area contributed by atoms with Gasteiger partial charge in [-0.3, -0.25) is 14.6 Å². The van der Waals surface area contributed by atoms with E-state index in [4.69, 9.17) is 0 Å². The van der Waals surface area contributed by atoms with Crippen molar-refractivity contribution in [3.63, 3.8) is 0 Å². The number of esters is 1. The zero-order valence-electron chi connectivity index (χ0n) is 21.8. The van der Waals surface area contributed by atoms with E-state index in [1.54, 1.807) is 26.4 Å². The Morgan fingerprint density at radius 1 is 0.875 bits per heavy atom. The summed E-state index contributed by atoms with van der Waals surface area (Å²) in [5.74, 6) is 9.55. The molecule has 0 saturated heterocycles. The smallest absolute Gasteiger partial charge is 0.796 e. The van der Waals surface area contributed by atoms with E-state index in [0.717, 1.165) is 11.8 Å². The fourth-order valence-corrected chi connectivity index (χ4v) is 1.15. The fourth-order valence-electron chi connectivity index (χ4n) is 1.00. The predicted molar refractivity (Wildman–Crippen MR) is 131 cm³/mol. The Bertz CT molecular complexity index is 701. The van der Waals surface area contributed by atoms with Gasteiger partial charge in [-0.25, -0.2) is 9.59 Å². The average Bonchev–Trinajstić information content (AvgIpc) is 2.65. The third-order valence-corrected chi connectivity index (χ3v) is 4.34. The Hall–Kier alpha value is -0.650. The van der Waals surface area contributed by atoms with E-state index in [1.165, 1.54) is 0 Å². The van der Waals surface area contributed by atoms with Crippen LogP contribution in [-0.4, -0.2) is 84.9 Å². The van der Waals surface area contributed by atoms with Gasteiger partial charge < -0.3 is 22.1 Å². The number of rotatable bonds is 3. The summed E-state index contributed by atoms with van der Waals surface area (Å²) < 4.78 is 8.98. The van der Waals surface area contributed by atoms with Crippen LogP contribution in [0.3, 0.4) is 0 Å². The van der Waals surface area contributed by atoms with Crippen molar-refractivity contribution in [2.75, 3.05) is 40.7 Å². The van der Waals surface area contributed by atoms with E-state index in [2.05, 4.69) is 45.8 Å². The van der Waals surface area contributed by atoms with Crippen molar-refractivity contribution in [3.8, 4) is 23.7 Å². The molecule has 10 heteroatoms. The summed E-state index contributed by atoms with van der Waals surface area (Å²) in [6.07, 6.45) is 1.96. The van der Waals surface area contributed by atoms with Gasteiger partial charge in [-0.05, 0) is 81.9 Å². The number of nitrogens with zero attached hydrogens (tertiary/aromatic N) is 2. The first-order valence-electron chi connectivity index (χ1n) is 9.37. The molecule has 0 saturated carbocycles. The molecular weight excluding hydrogens is 459 g/mol. The molecule has 0 atom stereocenters. The van der Waals surface area contributed by atoms with Gasteiger partial charge in [-0.1, -0.05) is 23.6 Å². The molecule has 0 aliphatic carbocycles. The Morgan fingerprint density at radius 2 is 1.25 bits per heavy atom. The van der Waals surface area contributed by atoms with Crippen LogP contribution in [0, 0.1) is 23.7 Å². The van der Waals surface area contributed by atoms with Gasteiger partial charge in [0.25, 0.3) is 5.12 Å². The molecule has 0 radical (unpaired) electrons. The van der Waals surface area contributed by atoms with Gasteiger partial charge in [-0.2, -0.15) is 6.26 Å². The second-order valence-corrected chi connectivity index (χ2v) is 8.48. The third kappa shape index (κ3) is 21.2. The van der Waals surface area contributed by atoms with Crippen LogP contribution in [0.25, 0.3) is 0 Å². The van der Waals surface area contributed by atoms with Crippen LogP contribution < -0.4 is 29.6 Å². The maximum absolute atomic E-state index is 11.2. The number of carbonyl (C=O) groups excluding carboxylic acids is 3. The zero-order chi connectivity index (χ0) is 25.4. The van der Waals surface area contributed by atoms with Crippen LogP contribution in [0.1, 0.15) is 41.5 Å². The summed E-state index contributed by atoms with van der Waals surface area (Å²) in [5, 5.41) is -0.0788. The molecule has 0 bridgehead atoms.